The van der Waals surface area contributed by atoms with Crippen LogP contribution in [0.4, 0.5) is 13.6 Å². The van der Waals surface area contributed by atoms with Crippen LogP contribution in [0.25, 0.3) is 5.65 Å². The quantitative estimate of drug-likeness (QED) is 0.625. The van der Waals surface area contributed by atoms with Crippen LogP contribution >= 0.6 is 0 Å². The van der Waals surface area contributed by atoms with E-state index in [1.165, 1.54) is 0 Å². The summed E-state index contributed by atoms with van der Waals surface area (Å²) in [4.78, 5) is 28.7. The predicted molar refractivity (Wildman–Crippen MR) is 114 cm³/mol. The second-order valence-corrected chi connectivity index (χ2v) is 9.36. The molecule has 2 heterocycles. The Labute approximate surface area is 185 Å². The lowest BCUT2D eigenvalue weighted by Gasteiger charge is -2.34. The molecule has 2 N–H and O–H groups in total. The number of amides is 2. The van der Waals surface area contributed by atoms with Crippen LogP contribution in [0, 0.1) is 5.92 Å². The van der Waals surface area contributed by atoms with Crippen molar-refractivity contribution in [3.05, 3.63) is 41.9 Å². The van der Waals surface area contributed by atoms with Gasteiger partial charge in [-0.3, -0.25) is 4.79 Å². The number of alkyl carbamates (subject to hydrolysis) is 1. The zero-order chi connectivity index (χ0) is 23.7. The highest BCUT2D eigenvalue weighted by Crippen LogP contribution is 2.44. The van der Waals surface area contributed by atoms with Gasteiger partial charge in [-0.1, -0.05) is 12.2 Å². The largest absolute Gasteiger partial charge is 0.444 e. The maximum atomic E-state index is 13.0. The Hall–Kier alpha value is -3.04. The summed E-state index contributed by atoms with van der Waals surface area (Å²) < 4.78 is 32.8. The van der Waals surface area contributed by atoms with E-state index in [0.29, 0.717) is 22.5 Å². The van der Waals surface area contributed by atoms with Gasteiger partial charge in [-0.15, -0.1) is 0 Å². The van der Waals surface area contributed by atoms with Gasteiger partial charge in [0.1, 0.15) is 5.60 Å². The minimum atomic E-state index is -2.65. The average molecular weight is 450 g/mol. The zero-order valence-electron chi connectivity index (χ0n) is 18.7. The van der Waals surface area contributed by atoms with Crippen LogP contribution in [0.1, 0.15) is 64.3 Å². The van der Waals surface area contributed by atoms with Crippen LogP contribution in [0.5, 0.6) is 0 Å². The van der Waals surface area contributed by atoms with Gasteiger partial charge in [0.2, 0.25) is 11.8 Å². The van der Waals surface area contributed by atoms with E-state index in [9.17, 15) is 18.4 Å². The number of alkyl halides is 2. The third-order valence-electron chi connectivity index (χ3n) is 4.98. The Kier molecular flexibility index (Phi) is 6.52. The number of ether oxygens (including phenoxy) is 1. The maximum Gasteiger partial charge on any atom is 0.407 e. The summed E-state index contributed by atoms with van der Waals surface area (Å²) in [6.07, 6.45) is 2.29. The molecule has 1 unspecified atom stereocenters. The number of rotatable bonds is 7. The van der Waals surface area contributed by atoms with Gasteiger partial charge in [-0.25, -0.2) is 23.1 Å². The normalized spacial score (nSPS) is 16.8. The first-order valence-corrected chi connectivity index (χ1v) is 10.4. The van der Waals surface area contributed by atoms with Crippen molar-refractivity contribution in [2.24, 2.45) is 5.92 Å². The summed E-state index contributed by atoms with van der Waals surface area (Å²) in [5.74, 6) is -3.25. The van der Waals surface area contributed by atoms with Crippen molar-refractivity contribution >= 4 is 17.6 Å². The van der Waals surface area contributed by atoms with Crippen molar-refractivity contribution in [3.8, 4) is 0 Å². The van der Waals surface area contributed by atoms with E-state index in [2.05, 4.69) is 27.3 Å². The smallest absolute Gasteiger partial charge is 0.407 e. The second kappa shape index (κ2) is 8.84. The number of hydrogen-bond acceptors (Lipinski definition) is 5. The molecule has 2 aromatic rings. The molecule has 1 atom stereocenters. The molecule has 0 spiro atoms. The molecule has 8 nitrogen and oxygen atoms in total. The molecule has 2 amide bonds. The van der Waals surface area contributed by atoms with Gasteiger partial charge in [-0.2, -0.15) is 5.10 Å². The second-order valence-electron chi connectivity index (χ2n) is 9.36. The summed E-state index contributed by atoms with van der Waals surface area (Å²) in [7, 11) is 0. The number of hydrogen-bond donors (Lipinski definition) is 2. The van der Waals surface area contributed by atoms with Gasteiger partial charge in [0.05, 0.1) is 30.7 Å². The van der Waals surface area contributed by atoms with Crippen LogP contribution < -0.4 is 10.6 Å². The number of fused-ring (bicyclic) bond motifs is 1. The molecule has 2 aromatic heterocycles. The third kappa shape index (κ3) is 6.24. The number of carbonyl (C=O) groups excluding carboxylic acids is 2. The van der Waals surface area contributed by atoms with Crippen LogP contribution in [0.15, 0.2) is 30.6 Å². The van der Waals surface area contributed by atoms with Gasteiger partial charge in [-0.05, 0) is 39.7 Å². The van der Waals surface area contributed by atoms with Crippen molar-refractivity contribution < 1.29 is 23.1 Å². The van der Waals surface area contributed by atoms with Crippen molar-refractivity contribution in [2.45, 2.75) is 71.1 Å². The van der Waals surface area contributed by atoms with Crippen LogP contribution in [-0.2, 0) is 16.1 Å². The highest BCUT2D eigenvalue weighted by atomic mass is 19.3. The molecule has 1 aliphatic rings. The van der Waals surface area contributed by atoms with Crippen LogP contribution in [0.3, 0.4) is 0 Å². The molecule has 0 saturated heterocycles. The Morgan fingerprint density at radius 1 is 1.38 bits per heavy atom. The molecule has 0 radical (unpaired) electrons. The van der Waals surface area contributed by atoms with Gasteiger partial charge in [0.25, 0.3) is 0 Å². The molecule has 174 valence electrons. The van der Waals surface area contributed by atoms with Gasteiger partial charge < -0.3 is 15.4 Å². The fourth-order valence-electron chi connectivity index (χ4n) is 3.56. The van der Waals surface area contributed by atoms with E-state index < -0.39 is 23.7 Å². The molecule has 1 aliphatic carbocycles. The first kappa shape index (κ1) is 23.6. The van der Waals surface area contributed by atoms with E-state index in [1.54, 1.807) is 50.7 Å². The topological polar surface area (TPSA) is 97.6 Å². The molecular weight excluding hydrogens is 420 g/mol. The van der Waals surface area contributed by atoms with Crippen molar-refractivity contribution in [2.75, 3.05) is 0 Å². The third-order valence-corrected chi connectivity index (χ3v) is 4.98. The Morgan fingerprint density at radius 2 is 2.06 bits per heavy atom. The summed E-state index contributed by atoms with van der Waals surface area (Å²) in [5.41, 5.74) is 1.88. The molecule has 0 aromatic carbocycles. The van der Waals surface area contributed by atoms with E-state index in [1.807, 2.05) is 0 Å². The van der Waals surface area contributed by atoms with Gasteiger partial charge in [0, 0.05) is 24.8 Å². The van der Waals surface area contributed by atoms with Crippen LogP contribution in [-0.4, -0.2) is 38.1 Å². The molecule has 0 bridgehead atoms. The van der Waals surface area contributed by atoms with Gasteiger partial charge >= 0.3 is 6.09 Å². The molecule has 1 fully saturated rings. The Balaban J connectivity index is 1.65. The number of nitrogens with one attached hydrogen (secondary N) is 2. The lowest BCUT2D eigenvalue weighted by molar-refractivity contribution is -0.134. The Morgan fingerprint density at radius 3 is 2.66 bits per heavy atom. The molecule has 10 heteroatoms. The fraction of sp³-hybridized carbons (Fsp3) is 0.545. The summed E-state index contributed by atoms with van der Waals surface area (Å²) >= 11 is 0. The number of carbonyl (C=O) groups is 2. The summed E-state index contributed by atoms with van der Waals surface area (Å²) in [6, 6.07) is 1.25. The molecule has 0 aliphatic heterocycles. The number of imidazole rings is 1. The first-order valence-electron chi connectivity index (χ1n) is 10.4. The maximum absolute atomic E-state index is 13.0. The zero-order valence-corrected chi connectivity index (χ0v) is 18.7. The van der Waals surface area contributed by atoms with Crippen molar-refractivity contribution in [3.63, 3.8) is 0 Å². The van der Waals surface area contributed by atoms with Crippen molar-refractivity contribution in [1.29, 1.82) is 0 Å². The lowest BCUT2D eigenvalue weighted by Crippen LogP contribution is -2.39. The van der Waals surface area contributed by atoms with Gasteiger partial charge in [0.15, 0.2) is 5.65 Å². The lowest BCUT2D eigenvalue weighted by atomic mass is 9.79. The molecule has 3 rings (SSSR count). The standard InChI is InChI=1S/C22H29F2N5O3/c1-13(2)19(28-18(30)6-14-8-22(23,24)9-14)15-7-17-27-16(12-29(17)26-10-15)11-25-20(31)32-21(3,4)5/h7,10,12,14,19H,1,6,8-9,11H2,2-5H3,(H,25,31)(H,28,30). The highest BCUT2D eigenvalue weighted by molar-refractivity contribution is 5.77. The minimum absolute atomic E-state index is 0.0545. The summed E-state index contributed by atoms with van der Waals surface area (Å²) in [6.45, 7) is 11.2. The van der Waals surface area contributed by atoms with Crippen molar-refractivity contribution in [1.82, 2.24) is 25.2 Å². The fourth-order valence-corrected chi connectivity index (χ4v) is 3.56. The minimum Gasteiger partial charge on any atom is -0.444 e. The summed E-state index contributed by atoms with van der Waals surface area (Å²) in [5, 5.41) is 9.83. The average Bonchev–Trinajstić information content (AvgIpc) is 3.03. The van der Waals surface area contributed by atoms with E-state index in [0.717, 1.165) is 0 Å². The van der Waals surface area contributed by atoms with E-state index in [4.69, 9.17) is 4.74 Å². The highest BCUT2D eigenvalue weighted by Gasteiger charge is 2.45. The van der Waals surface area contributed by atoms with E-state index >= 15 is 0 Å². The molecular formula is C22H29F2N5O3. The molecule has 1 saturated carbocycles. The van der Waals surface area contributed by atoms with Crippen LogP contribution in [0.2, 0.25) is 0 Å². The number of nitrogens with zero attached hydrogens (tertiary/aromatic N) is 3. The number of aromatic nitrogens is 3. The Bertz CT molecular complexity index is 1020. The monoisotopic (exact) mass is 449 g/mol. The SMILES string of the molecule is C=C(C)C(NC(=O)CC1CC(F)(F)C1)c1cnn2cc(CNC(=O)OC(C)(C)C)nc2c1. The first-order chi connectivity index (χ1) is 14.8. The van der Waals surface area contributed by atoms with E-state index in [-0.39, 0.29) is 37.6 Å². The number of halogens is 2. The molecule has 32 heavy (non-hydrogen) atoms. The predicted octanol–water partition coefficient (Wildman–Crippen LogP) is 3.92.